The average Bonchev–Trinajstić information content (AvgIpc) is 2.17. The SMILES string of the molecule is CCOC(=O)CN(C)c1ncc(F)cc1F. The van der Waals surface area contributed by atoms with Crippen molar-refractivity contribution in [1.82, 2.24) is 4.98 Å². The van der Waals surface area contributed by atoms with Gasteiger partial charge in [0, 0.05) is 13.1 Å². The monoisotopic (exact) mass is 230 g/mol. The molecule has 1 heterocycles. The predicted octanol–water partition coefficient (Wildman–Crippen LogP) is 1.36. The van der Waals surface area contributed by atoms with Gasteiger partial charge in [0.25, 0.3) is 0 Å². The third-order valence-corrected chi connectivity index (χ3v) is 1.82. The first-order chi connectivity index (χ1) is 7.54. The summed E-state index contributed by atoms with van der Waals surface area (Å²) in [4.78, 5) is 15.9. The van der Waals surface area contributed by atoms with Gasteiger partial charge >= 0.3 is 5.97 Å². The molecule has 0 amide bonds. The van der Waals surface area contributed by atoms with E-state index < -0.39 is 17.6 Å². The van der Waals surface area contributed by atoms with E-state index in [4.69, 9.17) is 4.74 Å². The van der Waals surface area contributed by atoms with Gasteiger partial charge in [-0.1, -0.05) is 0 Å². The highest BCUT2D eigenvalue weighted by Crippen LogP contribution is 2.14. The number of esters is 1. The molecule has 0 saturated heterocycles. The molecule has 0 N–H and O–H groups in total. The van der Waals surface area contributed by atoms with Crippen LogP contribution in [0.4, 0.5) is 14.6 Å². The molecule has 0 atom stereocenters. The van der Waals surface area contributed by atoms with Gasteiger partial charge in [-0.25, -0.2) is 13.8 Å². The first-order valence-electron chi connectivity index (χ1n) is 4.72. The summed E-state index contributed by atoms with van der Waals surface area (Å²) in [6.45, 7) is 1.80. The van der Waals surface area contributed by atoms with E-state index in [9.17, 15) is 13.6 Å². The van der Waals surface area contributed by atoms with Gasteiger partial charge in [-0.15, -0.1) is 0 Å². The molecule has 0 fully saturated rings. The van der Waals surface area contributed by atoms with Crippen molar-refractivity contribution in [2.45, 2.75) is 6.92 Å². The van der Waals surface area contributed by atoms with Gasteiger partial charge in [-0.3, -0.25) is 4.79 Å². The number of halogens is 2. The highest BCUT2D eigenvalue weighted by atomic mass is 19.1. The molecule has 0 aromatic carbocycles. The first kappa shape index (κ1) is 12.4. The number of aromatic nitrogens is 1. The second-order valence-corrected chi connectivity index (χ2v) is 3.12. The van der Waals surface area contributed by atoms with Gasteiger partial charge < -0.3 is 9.64 Å². The van der Waals surface area contributed by atoms with Crippen molar-refractivity contribution in [3.8, 4) is 0 Å². The topological polar surface area (TPSA) is 42.4 Å². The predicted molar refractivity (Wildman–Crippen MR) is 54.1 cm³/mol. The lowest BCUT2D eigenvalue weighted by Crippen LogP contribution is -2.28. The molecule has 16 heavy (non-hydrogen) atoms. The maximum absolute atomic E-state index is 13.2. The van der Waals surface area contributed by atoms with Crippen LogP contribution in [0.2, 0.25) is 0 Å². The Morgan fingerprint density at radius 3 is 2.81 bits per heavy atom. The molecule has 1 aromatic heterocycles. The summed E-state index contributed by atoms with van der Waals surface area (Å²) in [5, 5.41) is 0. The Kier molecular flexibility index (Phi) is 4.16. The van der Waals surface area contributed by atoms with E-state index in [1.54, 1.807) is 6.92 Å². The molecule has 0 aliphatic heterocycles. The number of hydrogen-bond donors (Lipinski definition) is 0. The van der Waals surface area contributed by atoms with E-state index in [-0.39, 0.29) is 19.0 Å². The summed E-state index contributed by atoms with van der Waals surface area (Å²) >= 11 is 0. The molecule has 0 aliphatic rings. The molecular formula is C10H12F2N2O2. The zero-order valence-electron chi connectivity index (χ0n) is 9.04. The molecule has 0 bridgehead atoms. The van der Waals surface area contributed by atoms with Crippen LogP contribution < -0.4 is 4.90 Å². The molecule has 1 rings (SSSR count). The maximum atomic E-state index is 13.2. The van der Waals surface area contributed by atoms with Crippen LogP contribution in [0.15, 0.2) is 12.3 Å². The number of anilines is 1. The smallest absolute Gasteiger partial charge is 0.325 e. The Bertz CT molecular complexity index is 385. The number of likely N-dealkylation sites (N-methyl/N-ethyl adjacent to an activating group) is 1. The quantitative estimate of drug-likeness (QED) is 0.732. The number of hydrogen-bond acceptors (Lipinski definition) is 4. The van der Waals surface area contributed by atoms with Crippen molar-refractivity contribution < 1.29 is 18.3 Å². The summed E-state index contributed by atoms with van der Waals surface area (Å²) < 4.78 is 30.5. The van der Waals surface area contributed by atoms with Gasteiger partial charge in [0.1, 0.15) is 12.4 Å². The minimum absolute atomic E-state index is 0.0885. The number of pyridine rings is 1. The summed E-state index contributed by atoms with van der Waals surface area (Å²) in [7, 11) is 1.47. The summed E-state index contributed by atoms with van der Waals surface area (Å²) in [5.41, 5.74) is 0. The average molecular weight is 230 g/mol. The zero-order chi connectivity index (χ0) is 12.1. The van der Waals surface area contributed by atoms with Crippen LogP contribution in [0, 0.1) is 11.6 Å². The number of ether oxygens (including phenoxy) is 1. The van der Waals surface area contributed by atoms with Crippen molar-refractivity contribution in [2.24, 2.45) is 0 Å². The molecule has 0 aliphatic carbocycles. The fraction of sp³-hybridized carbons (Fsp3) is 0.400. The number of nitrogens with zero attached hydrogens (tertiary/aromatic N) is 2. The van der Waals surface area contributed by atoms with E-state index in [1.165, 1.54) is 11.9 Å². The molecule has 1 aromatic rings. The van der Waals surface area contributed by atoms with E-state index >= 15 is 0 Å². The van der Waals surface area contributed by atoms with Crippen LogP contribution in [0.5, 0.6) is 0 Å². The number of rotatable bonds is 4. The Labute approximate surface area is 91.8 Å². The van der Waals surface area contributed by atoms with Gasteiger partial charge in [-0.2, -0.15) is 0 Å². The van der Waals surface area contributed by atoms with E-state index in [0.29, 0.717) is 6.07 Å². The molecule has 0 unspecified atom stereocenters. The number of carbonyl (C=O) groups is 1. The lowest BCUT2D eigenvalue weighted by molar-refractivity contribution is -0.141. The zero-order valence-corrected chi connectivity index (χ0v) is 9.04. The fourth-order valence-electron chi connectivity index (χ4n) is 1.16. The van der Waals surface area contributed by atoms with Crippen molar-refractivity contribution in [3.63, 3.8) is 0 Å². The van der Waals surface area contributed by atoms with Crippen molar-refractivity contribution in [3.05, 3.63) is 23.9 Å². The third kappa shape index (κ3) is 3.15. The second-order valence-electron chi connectivity index (χ2n) is 3.12. The Morgan fingerprint density at radius 2 is 2.25 bits per heavy atom. The van der Waals surface area contributed by atoms with Crippen molar-refractivity contribution >= 4 is 11.8 Å². The van der Waals surface area contributed by atoms with Gasteiger partial charge in [-0.05, 0) is 6.92 Å². The van der Waals surface area contributed by atoms with Crippen LogP contribution in [0.25, 0.3) is 0 Å². The number of carbonyl (C=O) groups excluding carboxylic acids is 1. The summed E-state index contributed by atoms with van der Waals surface area (Å²) in [5.74, 6) is -2.15. The molecule has 4 nitrogen and oxygen atoms in total. The first-order valence-corrected chi connectivity index (χ1v) is 4.72. The third-order valence-electron chi connectivity index (χ3n) is 1.82. The minimum atomic E-state index is -0.813. The van der Waals surface area contributed by atoms with Gasteiger partial charge in [0.15, 0.2) is 11.6 Å². The molecular weight excluding hydrogens is 218 g/mol. The van der Waals surface area contributed by atoms with Crippen molar-refractivity contribution in [1.29, 1.82) is 0 Å². The van der Waals surface area contributed by atoms with Gasteiger partial charge in [0.2, 0.25) is 0 Å². The van der Waals surface area contributed by atoms with Gasteiger partial charge in [0.05, 0.1) is 12.8 Å². The largest absolute Gasteiger partial charge is 0.465 e. The van der Waals surface area contributed by atoms with Crippen LogP contribution in [-0.2, 0) is 9.53 Å². The lowest BCUT2D eigenvalue weighted by Gasteiger charge is -2.17. The lowest BCUT2D eigenvalue weighted by atomic mass is 10.4. The molecule has 0 radical (unpaired) electrons. The molecule has 88 valence electrons. The van der Waals surface area contributed by atoms with E-state index in [2.05, 4.69) is 4.98 Å². The molecule has 0 spiro atoms. The highest BCUT2D eigenvalue weighted by molar-refractivity contribution is 5.75. The standard InChI is InChI=1S/C10H12F2N2O2/c1-3-16-9(15)6-14(2)10-8(12)4-7(11)5-13-10/h4-5H,3,6H2,1-2H3. The van der Waals surface area contributed by atoms with Crippen LogP contribution in [0.1, 0.15) is 6.92 Å². The highest BCUT2D eigenvalue weighted by Gasteiger charge is 2.13. The second kappa shape index (κ2) is 5.39. The molecule has 6 heteroatoms. The Morgan fingerprint density at radius 1 is 1.56 bits per heavy atom. The molecule has 0 saturated carbocycles. The van der Waals surface area contributed by atoms with E-state index in [0.717, 1.165) is 6.20 Å². The minimum Gasteiger partial charge on any atom is -0.465 e. The summed E-state index contributed by atoms with van der Waals surface area (Å²) in [6, 6.07) is 0.712. The Hall–Kier alpha value is -1.72. The van der Waals surface area contributed by atoms with Crippen LogP contribution >= 0.6 is 0 Å². The van der Waals surface area contributed by atoms with Crippen LogP contribution in [0.3, 0.4) is 0 Å². The summed E-state index contributed by atoms with van der Waals surface area (Å²) in [6.07, 6.45) is 0.889. The van der Waals surface area contributed by atoms with Crippen LogP contribution in [-0.4, -0.2) is 31.2 Å². The Balaban J connectivity index is 2.72. The van der Waals surface area contributed by atoms with Crippen molar-refractivity contribution in [2.75, 3.05) is 25.1 Å². The normalized spacial score (nSPS) is 10.0. The fourth-order valence-corrected chi connectivity index (χ4v) is 1.16. The maximum Gasteiger partial charge on any atom is 0.325 e. The van der Waals surface area contributed by atoms with E-state index in [1.807, 2.05) is 0 Å².